The van der Waals surface area contributed by atoms with Gasteiger partial charge in [-0.15, -0.1) is 0 Å². The Kier molecular flexibility index (Phi) is 4.76. The molecular weight excluding hydrogens is 284 g/mol. The molecule has 0 aromatic heterocycles. The summed E-state index contributed by atoms with van der Waals surface area (Å²) >= 11 is 2.41. The van der Waals surface area contributed by atoms with Crippen LogP contribution >= 0.6 is 18.6 Å². The van der Waals surface area contributed by atoms with E-state index in [-0.39, 0.29) is 17.4 Å². The second kappa shape index (κ2) is 3.67. The fourth-order valence-electron chi connectivity index (χ4n) is 0. The van der Waals surface area contributed by atoms with E-state index in [1.807, 2.05) is 0 Å². The first-order valence-electron chi connectivity index (χ1n) is 1.31. The van der Waals surface area contributed by atoms with Crippen molar-refractivity contribution in [3.63, 3.8) is 0 Å². The summed E-state index contributed by atoms with van der Waals surface area (Å²) in [5, 5.41) is 0. The molecule has 2 radical (unpaired) electrons. The summed E-state index contributed by atoms with van der Waals surface area (Å²) < 4.78 is 2.28. The summed E-state index contributed by atoms with van der Waals surface area (Å²) in [5.74, 6) is 0. The Morgan fingerprint density at radius 2 is 1.80 bits per heavy atom. The third-order valence-electron chi connectivity index (χ3n) is 0.169. The van der Waals surface area contributed by atoms with Crippen LogP contribution in [0.2, 0.25) is 0 Å². The summed E-state index contributed by atoms with van der Waals surface area (Å²) in [5.41, 5.74) is 0. The Bertz CT molecular complexity index is 23.6. The van der Waals surface area contributed by atoms with E-state index in [4.69, 9.17) is 0 Å². The van der Waals surface area contributed by atoms with Gasteiger partial charge in [-0.3, -0.25) is 0 Å². The molecule has 0 heterocycles. The number of hydrogen-bond acceptors (Lipinski definition) is 1. The summed E-state index contributed by atoms with van der Waals surface area (Å²) in [6, 6.07) is 0. The molecule has 0 spiro atoms. The molecule has 0 aromatic carbocycles. The third-order valence-corrected chi connectivity index (χ3v) is 7.61. The van der Waals surface area contributed by atoms with Crippen molar-refractivity contribution >= 4 is 36.1 Å². The molecule has 30 valence electrons. The molecule has 0 amide bonds. The Hall–Kier alpha value is 1.49. The molecule has 0 unspecified atom stereocenters. The predicted molar refractivity (Wildman–Crippen MR) is 33.5 cm³/mol. The molecule has 0 aromatic rings. The Balaban J connectivity index is 2.54. The summed E-state index contributed by atoms with van der Waals surface area (Å²) in [7, 11) is 4.25. The normalized spacial score (nSPS) is 9.60. The molecular formula is C2H6INSn. The van der Waals surface area contributed by atoms with E-state index in [9.17, 15) is 0 Å². The average Bonchev–Trinajstić information content (AvgIpc) is 1.38. The van der Waals surface area contributed by atoms with Gasteiger partial charge in [-0.2, -0.15) is 0 Å². The van der Waals surface area contributed by atoms with Gasteiger partial charge in [0.15, 0.2) is 0 Å². The van der Waals surface area contributed by atoms with Crippen LogP contribution in [0.15, 0.2) is 0 Å². The first kappa shape index (κ1) is 6.49. The van der Waals surface area contributed by atoms with Crippen molar-refractivity contribution in [3.05, 3.63) is 0 Å². The molecule has 0 saturated carbocycles. The average molecular weight is 290 g/mol. The zero-order valence-electron chi connectivity index (χ0n) is 3.33. The van der Waals surface area contributed by atoms with Crippen molar-refractivity contribution in [3.8, 4) is 0 Å². The van der Waals surface area contributed by atoms with Crippen molar-refractivity contribution < 1.29 is 0 Å². The SMILES string of the molecule is C[N](C)[Sn][I]. The van der Waals surface area contributed by atoms with Crippen LogP contribution in [0.1, 0.15) is 0 Å². The van der Waals surface area contributed by atoms with Gasteiger partial charge in [0, 0.05) is 0 Å². The Morgan fingerprint density at radius 1 is 1.60 bits per heavy atom. The van der Waals surface area contributed by atoms with Crippen LogP contribution in [-0.2, 0) is 0 Å². The van der Waals surface area contributed by atoms with Crippen molar-refractivity contribution in [2.45, 2.75) is 0 Å². The van der Waals surface area contributed by atoms with Crippen LogP contribution in [0.25, 0.3) is 0 Å². The number of rotatable bonds is 1. The van der Waals surface area contributed by atoms with Gasteiger partial charge >= 0.3 is 53.3 Å². The van der Waals surface area contributed by atoms with Gasteiger partial charge in [-0.25, -0.2) is 0 Å². The van der Waals surface area contributed by atoms with Gasteiger partial charge in [0.2, 0.25) is 0 Å². The van der Waals surface area contributed by atoms with E-state index in [1.165, 1.54) is 0 Å². The molecule has 0 aliphatic rings. The molecule has 0 aliphatic heterocycles. The zero-order valence-corrected chi connectivity index (χ0v) is 8.34. The summed E-state index contributed by atoms with van der Waals surface area (Å²) in [4.78, 5) is 0. The van der Waals surface area contributed by atoms with Crippen LogP contribution in [-0.4, -0.2) is 34.7 Å². The minimum atomic E-state index is -0.0622. The van der Waals surface area contributed by atoms with Gasteiger partial charge in [0.25, 0.3) is 0 Å². The van der Waals surface area contributed by atoms with Crippen LogP contribution in [0.3, 0.4) is 0 Å². The van der Waals surface area contributed by atoms with E-state index in [0.29, 0.717) is 0 Å². The van der Waals surface area contributed by atoms with Gasteiger partial charge in [0.1, 0.15) is 0 Å². The van der Waals surface area contributed by atoms with Gasteiger partial charge in [-0.05, 0) is 0 Å². The molecule has 1 nitrogen and oxygen atoms in total. The van der Waals surface area contributed by atoms with Crippen molar-refractivity contribution in [1.82, 2.24) is 3.12 Å². The standard InChI is InChI=1S/C2H6N.HI.Sn/c1-3-2;;/h1-2H3;1H;/q-1;;+2/p-1. The quantitative estimate of drug-likeness (QED) is 0.502. The molecule has 0 atom stereocenters. The van der Waals surface area contributed by atoms with Gasteiger partial charge < -0.3 is 0 Å². The molecule has 0 bridgehead atoms. The number of halogens is 1. The van der Waals surface area contributed by atoms with E-state index in [2.05, 4.69) is 35.9 Å². The Labute approximate surface area is 52.9 Å². The molecule has 0 rings (SSSR count). The molecule has 3 heteroatoms. The van der Waals surface area contributed by atoms with E-state index < -0.39 is 0 Å². The molecule has 5 heavy (non-hydrogen) atoms. The van der Waals surface area contributed by atoms with Crippen LogP contribution in [0.5, 0.6) is 0 Å². The van der Waals surface area contributed by atoms with E-state index >= 15 is 0 Å². The van der Waals surface area contributed by atoms with Crippen LogP contribution in [0.4, 0.5) is 0 Å². The predicted octanol–water partition coefficient (Wildman–Crippen LogP) is 0.517. The molecule has 0 N–H and O–H groups in total. The fourth-order valence-corrected chi connectivity index (χ4v) is 0. The minimum absolute atomic E-state index is 0.0622. The monoisotopic (exact) mass is 291 g/mol. The molecule has 0 aliphatic carbocycles. The van der Waals surface area contributed by atoms with E-state index in [0.717, 1.165) is 0 Å². The maximum absolute atomic E-state index is 2.47. The second-order valence-electron chi connectivity index (χ2n) is 0.979. The first-order chi connectivity index (χ1) is 2.27. The van der Waals surface area contributed by atoms with Crippen molar-refractivity contribution in [2.24, 2.45) is 0 Å². The fraction of sp³-hybridized carbons (Fsp3) is 1.00. The number of hydrogen-bond donors (Lipinski definition) is 0. The number of nitrogens with zero attached hydrogens (tertiary/aromatic N) is 1. The van der Waals surface area contributed by atoms with Crippen LogP contribution in [0, 0.1) is 0 Å². The third kappa shape index (κ3) is 5.49. The Morgan fingerprint density at radius 3 is 1.80 bits per heavy atom. The zero-order chi connectivity index (χ0) is 4.28. The second-order valence-corrected chi connectivity index (χ2v) is 7.25. The topological polar surface area (TPSA) is 3.24 Å². The van der Waals surface area contributed by atoms with Crippen LogP contribution < -0.4 is 0 Å². The van der Waals surface area contributed by atoms with Crippen molar-refractivity contribution in [2.75, 3.05) is 14.1 Å². The maximum atomic E-state index is 2.47. The van der Waals surface area contributed by atoms with Gasteiger partial charge in [0.05, 0.1) is 0 Å². The van der Waals surface area contributed by atoms with E-state index in [1.54, 1.807) is 0 Å². The summed E-state index contributed by atoms with van der Waals surface area (Å²) in [6.07, 6.45) is 0. The molecule has 0 fully saturated rings. The van der Waals surface area contributed by atoms with Gasteiger partial charge in [-0.1, -0.05) is 0 Å². The first-order valence-corrected chi connectivity index (χ1v) is 10.9. The molecule has 0 saturated heterocycles. The van der Waals surface area contributed by atoms with Crippen molar-refractivity contribution in [1.29, 1.82) is 0 Å². The summed E-state index contributed by atoms with van der Waals surface area (Å²) in [6.45, 7) is 0.